The summed E-state index contributed by atoms with van der Waals surface area (Å²) in [7, 11) is 0. The van der Waals surface area contributed by atoms with Crippen molar-refractivity contribution in [2.75, 3.05) is 19.7 Å². The van der Waals surface area contributed by atoms with Crippen molar-refractivity contribution in [1.29, 1.82) is 0 Å². The van der Waals surface area contributed by atoms with Crippen molar-refractivity contribution >= 4 is 12.0 Å². The average molecular weight is 321 g/mol. The highest BCUT2D eigenvalue weighted by Crippen LogP contribution is 2.21. The normalized spacial score (nSPS) is 17.2. The van der Waals surface area contributed by atoms with E-state index in [4.69, 9.17) is 4.74 Å². The maximum atomic E-state index is 12.4. The number of hydrogen-bond donors (Lipinski definition) is 0. The lowest BCUT2D eigenvalue weighted by molar-refractivity contribution is -0.140. The van der Waals surface area contributed by atoms with Crippen molar-refractivity contribution in [3.8, 4) is 11.1 Å². The maximum Gasteiger partial charge on any atom is 0.246 e. The quantitative estimate of drug-likeness (QED) is 0.800. The molecule has 1 aliphatic rings. The summed E-state index contributed by atoms with van der Waals surface area (Å²) in [4.78, 5) is 14.2. The second kappa shape index (κ2) is 7.02. The number of morpholine rings is 1. The zero-order chi connectivity index (χ0) is 17.0. The van der Waals surface area contributed by atoms with E-state index >= 15 is 0 Å². The number of carbonyl (C=O) groups excluding carboxylic acids is 1. The molecule has 0 unspecified atom stereocenters. The highest BCUT2D eigenvalue weighted by Gasteiger charge is 2.28. The van der Waals surface area contributed by atoms with Crippen LogP contribution in [0, 0.1) is 0 Å². The summed E-state index contributed by atoms with van der Waals surface area (Å²) in [6.07, 6.45) is 3.54. The van der Waals surface area contributed by atoms with E-state index in [0.717, 1.165) is 11.1 Å². The molecule has 0 bridgehead atoms. The van der Waals surface area contributed by atoms with Crippen molar-refractivity contribution in [2.45, 2.75) is 19.4 Å². The molecule has 0 atom stereocenters. The van der Waals surface area contributed by atoms with E-state index < -0.39 is 0 Å². The Morgan fingerprint density at radius 1 is 1.08 bits per heavy atom. The first-order valence-electron chi connectivity index (χ1n) is 8.30. The number of carbonyl (C=O) groups is 1. The number of rotatable bonds is 3. The molecule has 2 aromatic rings. The molecule has 0 aromatic heterocycles. The van der Waals surface area contributed by atoms with Crippen LogP contribution in [0.1, 0.15) is 19.4 Å². The number of ether oxygens (including phenoxy) is 1. The van der Waals surface area contributed by atoms with Crippen LogP contribution in [0.25, 0.3) is 17.2 Å². The molecule has 3 heteroatoms. The topological polar surface area (TPSA) is 29.5 Å². The van der Waals surface area contributed by atoms with E-state index in [1.807, 2.05) is 55.2 Å². The summed E-state index contributed by atoms with van der Waals surface area (Å²) in [5.74, 6) is 0.0384. The minimum absolute atomic E-state index is 0.0384. The molecule has 0 radical (unpaired) electrons. The van der Waals surface area contributed by atoms with Crippen LogP contribution in [-0.4, -0.2) is 36.1 Å². The molecule has 1 aliphatic heterocycles. The van der Waals surface area contributed by atoms with Gasteiger partial charge in [-0.3, -0.25) is 4.79 Å². The van der Waals surface area contributed by atoms with Crippen molar-refractivity contribution in [2.24, 2.45) is 0 Å². The van der Waals surface area contributed by atoms with Gasteiger partial charge in [0, 0.05) is 19.2 Å². The third kappa shape index (κ3) is 4.12. The van der Waals surface area contributed by atoms with Crippen LogP contribution in [0.5, 0.6) is 0 Å². The van der Waals surface area contributed by atoms with Gasteiger partial charge in [-0.15, -0.1) is 0 Å². The smallest absolute Gasteiger partial charge is 0.246 e. The van der Waals surface area contributed by atoms with Crippen LogP contribution >= 0.6 is 0 Å². The van der Waals surface area contributed by atoms with Gasteiger partial charge in [0.2, 0.25) is 5.91 Å². The number of nitrogens with zero attached hydrogens (tertiary/aromatic N) is 1. The summed E-state index contributed by atoms with van der Waals surface area (Å²) in [6.45, 7) is 5.89. The highest BCUT2D eigenvalue weighted by atomic mass is 16.5. The number of hydrogen-bond acceptors (Lipinski definition) is 2. The first kappa shape index (κ1) is 16.5. The van der Waals surface area contributed by atoms with E-state index in [9.17, 15) is 4.79 Å². The Labute approximate surface area is 143 Å². The molecule has 1 heterocycles. The van der Waals surface area contributed by atoms with Crippen LogP contribution < -0.4 is 0 Å². The number of benzene rings is 2. The average Bonchev–Trinajstić information content (AvgIpc) is 2.60. The number of amides is 1. The van der Waals surface area contributed by atoms with Gasteiger partial charge >= 0.3 is 0 Å². The standard InChI is InChI=1S/C21H23NO2/c1-21(2)16-22(13-14-24-21)20(23)12-11-17-7-6-10-19(15-17)18-8-4-3-5-9-18/h3-12,15H,13-14,16H2,1-2H3. The molecule has 24 heavy (non-hydrogen) atoms. The molecule has 1 saturated heterocycles. The molecule has 0 spiro atoms. The predicted octanol–water partition coefficient (Wildman–Crippen LogP) is 4.00. The summed E-state index contributed by atoms with van der Waals surface area (Å²) in [5, 5.41) is 0. The van der Waals surface area contributed by atoms with E-state index in [0.29, 0.717) is 19.7 Å². The Morgan fingerprint density at radius 2 is 1.83 bits per heavy atom. The minimum Gasteiger partial charge on any atom is -0.372 e. The third-order valence-electron chi connectivity index (χ3n) is 4.15. The fourth-order valence-electron chi connectivity index (χ4n) is 2.93. The molecule has 3 rings (SSSR count). The largest absolute Gasteiger partial charge is 0.372 e. The molecule has 0 saturated carbocycles. The highest BCUT2D eigenvalue weighted by molar-refractivity contribution is 5.92. The van der Waals surface area contributed by atoms with Crippen LogP contribution in [-0.2, 0) is 9.53 Å². The van der Waals surface area contributed by atoms with E-state index in [1.165, 1.54) is 5.56 Å². The minimum atomic E-state index is -0.269. The zero-order valence-electron chi connectivity index (χ0n) is 14.2. The summed E-state index contributed by atoms with van der Waals surface area (Å²) in [5.41, 5.74) is 3.08. The Hall–Kier alpha value is -2.39. The van der Waals surface area contributed by atoms with Crippen molar-refractivity contribution in [3.05, 3.63) is 66.2 Å². The lowest BCUT2D eigenvalue weighted by Gasteiger charge is -2.37. The molecule has 1 fully saturated rings. The second-order valence-corrected chi connectivity index (χ2v) is 6.69. The molecular weight excluding hydrogens is 298 g/mol. The van der Waals surface area contributed by atoms with Gasteiger partial charge < -0.3 is 9.64 Å². The lowest BCUT2D eigenvalue weighted by Crippen LogP contribution is -2.50. The van der Waals surface area contributed by atoms with Crippen LogP contribution in [0.3, 0.4) is 0 Å². The van der Waals surface area contributed by atoms with Crippen molar-refractivity contribution < 1.29 is 9.53 Å². The van der Waals surface area contributed by atoms with Crippen LogP contribution in [0.4, 0.5) is 0 Å². The first-order valence-corrected chi connectivity index (χ1v) is 8.30. The van der Waals surface area contributed by atoms with E-state index in [-0.39, 0.29) is 11.5 Å². The van der Waals surface area contributed by atoms with E-state index in [2.05, 4.69) is 24.3 Å². The van der Waals surface area contributed by atoms with Gasteiger partial charge in [0.1, 0.15) is 0 Å². The molecule has 0 N–H and O–H groups in total. The Bertz CT molecular complexity index is 735. The maximum absolute atomic E-state index is 12.4. The Kier molecular flexibility index (Phi) is 4.81. The third-order valence-corrected chi connectivity index (χ3v) is 4.15. The summed E-state index contributed by atoms with van der Waals surface area (Å²) >= 11 is 0. The van der Waals surface area contributed by atoms with Gasteiger partial charge in [-0.1, -0.05) is 48.5 Å². The van der Waals surface area contributed by atoms with Gasteiger partial charge in [0.15, 0.2) is 0 Å². The van der Waals surface area contributed by atoms with Crippen molar-refractivity contribution in [1.82, 2.24) is 4.90 Å². The molecule has 3 nitrogen and oxygen atoms in total. The first-order chi connectivity index (χ1) is 11.5. The van der Waals surface area contributed by atoms with E-state index in [1.54, 1.807) is 6.08 Å². The second-order valence-electron chi connectivity index (χ2n) is 6.69. The van der Waals surface area contributed by atoms with Gasteiger partial charge in [-0.25, -0.2) is 0 Å². The summed E-state index contributed by atoms with van der Waals surface area (Å²) < 4.78 is 5.66. The predicted molar refractivity (Wildman–Crippen MR) is 97.5 cm³/mol. The molecule has 0 aliphatic carbocycles. The molecule has 2 aromatic carbocycles. The van der Waals surface area contributed by atoms with Crippen LogP contribution in [0.2, 0.25) is 0 Å². The molecule has 124 valence electrons. The SMILES string of the molecule is CC1(C)CN(C(=O)C=Cc2cccc(-c3ccccc3)c2)CCO1. The fraction of sp³-hybridized carbons (Fsp3) is 0.286. The van der Waals surface area contributed by atoms with Gasteiger partial charge in [-0.2, -0.15) is 0 Å². The Balaban J connectivity index is 1.72. The van der Waals surface area contributed by atoms with Gasteiger partial charge in [0.05, 0.1) is 12.2 Å². The van der Waals surface area contributed by atoms with Gasteiger partial charge in [-0.05, 0) is 42.7 Å². The van der Waals surface area contributed by atoms with Crippen molar-refractivity contribution in [3.63, 3.8) is 0 Å². The zero-order valence-corrected chi connectivity index (χ0v) is 14.2. The summed E-state index contributed by atoms with van der Waals surface area (Å²) in [6, 6.07) is 18.5. The van der Waals surface area contributed by atoms with Crippen LogP contribution in [0.15, 0.2) is 60.7 Å². The Morgan fingerprint density at radius 3 is 2.58 bits per heavy atom. The fourth-order valence-corrected chi connectivity index (χ4v) is 2.93. The monoisotopic (exact) mass is 321 g/mol. The van der Waals surface area contributed by atoms with Gasteiger partial charge in [0.25, 0.3) is 0 Å². The molecule has 1 amide bonds. The lowest BCUT2D eigenvalue weighted by atomic mass is 10.0. The molecular formula is C21H23NO2.